The zero-order valence-electron chi connectivity index (χ0n) is 11.1. The maximum Gasteiger partial charge on any atom is 0.231 e. The molecule has 1 heterocycles. The summed E-state index contributed by atoms with van der Waals surface area (Å²) in [5.41, 5.74) is 6.50. The normalized spacial score (nSPS) is 14.2. The molecule has 0 spiro atoms. The van der Waals surface area contributed by atoms with Crippen molar-refractivity contribution in [3.63, 3.8) is 0 Å². The molecule has 3 N–H and O–H groups in total. The largest absolute Gasteiger partial charge is 0.454 e. The average Bonchev–Trinajstić information content (AvgIpc) is 2.89. The zero-order chi connectivity index (χ0) is 13.7. The van der Waals surface area contributed by atoms with Crippen molar-refractivity contribution in [2.45, 2.75) is 26.3 Å². The van der Waals surface area contributed by atoms with Crippen LogP contribution in [-0.4, -0.2) is 19.2 Å². The maximum atomic E-state index is 11.9. The number of carbonyl (C=O) groups is 1. The lowest BCUT2D eigenvalue weighted by Gasteiger charge is -2.14. The molecule has 1 aromatic carbocycles. The minimum Gasteiger partial charge on any atom is -0.454 e. The predicted octanol–water partition coefficient (Wildman–Crippen LogP) is 1.41. The van der Waals surface area contributed by atoms with Crippen LogP contribution in [0.2, 0.25) is 0 Å². The fourth-order valence-corrected chi connectivity index (χ4v) is 2.11. The first-order valence-electron chi connectivity index (χ1n) is 6.61. The van der Waals surface area contributed by atoms with Gasteiger partial charge in [0, 0.05) is 12.5 Å². The van der Waals surface area contributed by atoms with Gasteiger partial charge < -0.3 is 20.5 Å². The van der Waals surface area contributed by atoms with E-state index < -0.39 is 0 Å². The van der Waals surface area contributed by atoms with Crippen LogP contribution in [0.15, 0.2) is 18.2 Å². The van der Waals surface area contributed by atoms with Crippen molar-refractivity contribution in [2.24, 2.45) is 11.7 Å². The highest BCUT2D eigenvalue weighted by molar-refractivity contribution is 5.78. The number of rotatable bonds is 6. The van der Waals surface area contributed by atoms with Gasteiger partial charge >= 0.3 is 0 Å². The Morgan fingerprint density at radius 2 is 2.21 bits per heavy atom. The molecule has 104 valence electrons. The SMILES string of the molecule is CCC(CCN)C(=O)NCc1ccc2c(c1)OCO2. The number of fused-ring (bicyclic) bond motifs is 1. The van der Waals surface area contributed by atoms with E-state index in [1.54, 1.807) is 0 Å². The van der Waals surface area contributed by atoms with Crippen LogP contribution < -0.4 is 20.5 Å². The first-order chi connectivity index (χ1) is 9.24. The van der Waals surface area contributed by atoms with Gasteiger partial charge in [0.2, 0.25) is 12.7 Å². The first-order valence-corrected chi connectivity index (χ1v) is 6.61. The summed E-state index contributed by atoms with van der Waals surface area (Å²) in [6.07, 6.45) is 1.54. The van der Waals surface area contributed by atoms with Crippen LogP contribution in [0.4, 0.5) is 0 Å². The molecular formula is C14H20N2O3. The van der Waals surface area contributed by atoms with E-state index in [9.17, 15) is 4.79 Å². The predicted molar refractivity (Wildman–Crippen MR) is 71.9 cm³/mol. The van der Waals surface area contributed by atoms with Gasteiger partial charge in [-0.3, -0.25) is 4.79 Å². The smallest absolute Gasteiger partial charge is 0.231 e. The van der Waals surface area contributed by atoms with Crippen LogP contribution in [0.5, 0.6) is 11.5 Å². The number of benzene rings is 1. The third-order valence-electron chi connectivity index (χ3n) is 3.28. The average molecular weight is 264 g/mol. The highest BCUT2D eigenvalue weighted by atomic mass is 16.7. The fraction of sp³-hybridized carbons (Fsp3) is 0.500. The minimum atomic E-state index is -0.000916. The third kappa shape index (κ3) is 3.38. The molecule has 0 bridgehead atoms. The number of carbonyl (C=O) groups excluding carboxylic acids is 1. The van der Waals surface area contributed by atoms with Gasteiger partial charge in [-0.05, 0) is 37.1 Å². The molecule has 0 aromatic heterocycles. The van der Waals surface area contributed by atoms with E-state index in [1.807, 2.05) is 25.1 Å². The van der Waals surface area contributed by atoms with E-state index >= 15 is 0 Å². The van der Waals surface area contributed by atoms with E-state index in [1.165, 1.54) is 0 Å². The van der Waals surface area contributed by atoms with Crippen molar-refractivity contribution in [2.75, 3.05) is 13.3 Å². The van der Waals surface area contributed by atoms with Crippen LogP contribution in [-0.2, 0) is 11.3 Å². The highest BCUT2D eigenvalue weighted by Crippen LogP contribution is 2.32. The van der Waals surface area contributed by atoms with Crippen molar-refractivity contribution < 1.29 is 14.3 Å². The van der Waals surface area contributed by atoms with Crippen molar-refractivity contribution in [3.8, 4) is 11.5 Å². The summed E-state index contributed by atoms with van der Waals surface area (Å²) < 4.78 is 10.5. The molecule has 1 amide bonds. The Bertz CT molecular complexity index is 448. The van der Waals surface area contributed by atoms with Gasteiger partial charge in [-0.1, -0.05) is 13.0 Å². The molecule has 0 aliphatic carbocycles. The summed E-state index contributed by atoms with van der Waals surface area (Å²) in [6.45, 7) is 3.30. The molecule has 2 rings (SSSR count). The van der Waals surface area contributed by atoms with Crippen LogP contribution in [0.1, 0.15) is 25.3 Å². The highest BCUT2D eigenvalue weighted by Gasteiger charge is 2.16. The molecule has 0 fully saturated rings. The van der Waals surface area contributed by atoms with Crippen molar-refractivity contribution in [1.82, 2.24) is 5.32 Å². The number of hydrogen-bond acceptors (Lipinski definition) is 4. The molecule has 1 aromatic rings. The number of amides is 1. The summed E-state index contributed by atoms with van der Waals surface area (Å²) in [4.78, 5) is 11.9. The van der Waals surface area contributed by atoms with Crippen LogP contribution in [0, 0.1) is 5.92 Å². The molecule has 5 nitrogen and oxygen atoms in total. The second-order valence-electron chi connectivity index (χ2n) is 4.59. The van der Waals surface area contributed by atoms with Gasteiger partial charge in [-0.25, -0.2) is 0 Å². The summed E-state index contributed by atoms with van der Waals surface area (Å²) in [5, 5.41) is 2.94. The minimum absolute atomic E-state index is 0.000916. The molecular weight excluding hydrogens is 244 g/mol. The molecule has 19 heavy (non-hydrogen) atoms. The van der Waals surface area contributed by atoms with Gasteiger partial charge in [0.05, 0.1) is 0 Å². The van der Waals surface area contributed by atoms with Gasteiger partial charge in [-0.15, -0.1) is 0 Å². The van der Waals surface area contributed by atoms with Gasteiger partial charge in [0.25, 0.3) is 0 Å². The Hall–Kier alpha value is -1.75. The third-order valence-corrected chi connectivity index (χ3v) is 3.28. The second kappa shape index (κ2) is 6.43. The van der Waals surface area contributed by atoms with Gasteiger partial charge in [0.15, 0.2) is 11.5 Å². The van der Waals surface area contributed by atoms with Gasteiger partial charge in [0.1, 0.15) is 0 Å². The molecule has 1 unspecified atom stereocenters. The standard InChI is InChI=1S/C14H20N2O3/c1-2-11(5-6-15)14(17)16-8-10-3-4-12-13(7-10)19-9-18-12/h3-4,7,11H,2,5-6,8-9,15H2,1H3,(H,16,17). The molecule has 5 heteroatoms. The van der Waals surface area contributed by atoms with Crippen molar-refractivity contribution in [1.29, 1.82) is 0 Å². The van der Waals surface area contributed by atoms with Crippen molar-refractivity contribution >= 4 is 5.91 Å². The maximum absolute atomic E-state index is 11.9. The number of ether oxygens (including phenoxy) is 2. The molecule has 1 aliphatic rings. The Balaban J connectivity index is 1.89. The van der Waals surface area contributed by atoms with Crippen molar-refractivity contribution in [3.05, 3.63) is 23.8 Å². The van der Waals surface area contributed by atoms with E-state index in [2.05, 4.69) is 5.32 Å². The van der Waals surface area contributed by atoms with E-state index in [-0.39, 0.29) is 18.6 Å². The lowest BCUT2D eigenvalue weighted by Crippen LogP contribution is -2.31. The summed E-state index contributed by atoms with van der Waals surface area (Å²) in [5.74, 6) is 1.55. The second-order valence-corrected chi connectivity index (χ2v) is 4.59. The van der Waals surface area contributed by atoms with Crippen LogP contribution >= 0.6 is 0 Å². The molecule has 0 saturated carbocycles. The Morgan fingerprint density at radius 3 is 2.95 bits per heavy atom. The quantitative estimate of drug-likeness (QED) is 0.814. The zero-order valence-corrected chi connectivity index (χ0v) is 11.1. The molecule has 1 aliphatic heterocycles. The molecule has 1 atom stereocenters. The lowest BCUT2D eigenvalue weighted by atomic mass is 10.0. The Labute approximate surface area is 113 Å². The topological polar surface area (TPSA) is 73.6 Å². The van der Waals surface area contributed by atoms with Crippen LogP contribution in [0.3, 0.4) is 0 Å². The fourth-order valence-electron chi connectivity index (χ4n) is 2.11. The lowest BCUT2D eigenvalue weighted by molar-refractivity contribution is -0.125. The van der Waals surface area contributed by atoms with E-state index in [0.717, 1.165) is 29.9 Å². The monoisotopic (exact) mass is 264 g/mol. The summed E-state index contributed by atoms with van der Waals surface area (Å²) >= 11 is 0. The van der Waals surface area contributed by atoms with Crippen LogP contribution in [0.25, 0.3) is 0 Å². The summed E-state index contributed by atoms with van der Waals surface area (Å²) in [6, 6.07) is 5.69. The number of nitrogens with one attached hydrogen (secondary N) is 1. The van der Waals surface area contributed by atoms with Gasteiger partial charge in [-0.2, -0.15) is 0 Å². The molecule has 0 radical (unpaired) electrons. The van der Waals surface area contributed by atoms with E-state index in [4.69, 9.17) is 15.2 Å². The number of nitrogens with two attached hydrogens (primary N) is 1. The number of hydrogen-bond donors (Lipinski definition) is 2. The Kier molecular flexibility index (Phi) is 4.63. The summed E-state index contributed by atoms with van der Waals surface area (Å²) in [7, 11) is 0. The van der Waals surface area contributed by atoms with E-state index in [0.29, 0.717) is 13.1 Å². The first kappa shape index (κ1) is 13.7. The molecule has 0 saturated heterocycles. The Morgan fingerprint density at radius 1 is 1.42 bits per heavy atom.